The molecule has 0 fully saturated rings. The van der Waals surface area contributed by atoms with E-state index in [1.54, 1.807) is 12.4 Å². The van der Waals surface area contributed by atoms with Crippen molar-refractivity contribution in [3.05, 3.63) is 60.2 Å². The Balaban J connectivity index is 1.32. The van der Waals surface area contributed by atoms with E-state index >= 15 is 0 Å². The smallest absolute Gasteiger partial charge is 0.227 e. The van der Waals surface area contributed by atoms with Crippen LogP contribution in [0, 0.1) is 6.92 Å². The van der Waals surface area contributed by atoms with E-state index in [-0.39, 0.29) is 5.91 Å². The van der Waals surface area contributed by atoms with Gasteiger partial charge in [0.1, 0.15) is 5.75 Å². The van der Waals surface area contributed by atoms with E-state index in [0.29, 0.717) is 37.7 Å². The molecule has 0 saturated carbocycles. The molecule has 2 aromatic heterocycles. The number of pyridine rings is 1. The molecule has 0 spiro atoms. The van der Waals surface area contributed by atoms with Gasteiger partial charge in [-0.25, -0.2) is 0 Å². The zero-order chi connectivity index (χ0) is 18.9. The van der Waals surface area contributed by atoms with Gasteiger partial charge in [-0.1, -0.05) is 17.3 Å². The Morgan fingerprint density at radius 2 is 2.19 bits per heavy atom. The lowest BCUT2D eigenvalue weighted by molar-refractivity contribution is -0.121. The van der Waals surface area contributed by atoms with E-state index in [1.807, 2.05) is 43.3 Å². The Morgan fingerprint density at radius 3 is 3.00 bits per heavy atom. The maximum Gasteiger partial charge on any atom is 0.227 e. The van der Waals surface area contributed by atoms with E-state index in [4.69, 9.17) is 9.26 Å². The summed E-state index contributed by atoms with van der Waals surface area (Å²) in [7, 11) is 0. The fourth-order valence-corrected chi connectivity index (χ4v) is 2.47. The minimum Gasteiger partial charge on any atom is -0.494 e. The maximum absolute atomic E-state index is 11.9. The number of nitrogens with one attached hydrogen (secondary N) is 1. The lowest BCUT2D eigenvalue weighted by Crippen LogP contribution is -2.25. The molecule has 7 nitrogen and oxygen atoms in total. The van der Waals surface area contributed by atoms with Gasteiger partial charge in [0.15, 0.2) is 0 Å². The molecule has 0 aliphatic rings. The van der Waals surface area contributed by atoms with Crippen LogP contribution in [0.15, 0.2) is 53.3 Å². The van der Waals surface area contributed by atoms with Gasteiger partial charge in [0.25, 0.3) is 0 Å². The number of amides is 1. The van der Waals surface area contributed by atoms with E-state index in [0.717, 1.165) is 23.3 Å². The van der Waals surface area contributed by atoms with Crippen LogP contribution in [0.25, 0.3) is 11.4 Å². The summed E-state index contributed by atoms with van der Waals surface area (Å²) >= 11 is 0. The van der Waals surface area contributed by atoms with Gasteiger partial charge in [-0.2, -0.15) is 4.98 Å². The predicted octanol–water partition coefficient (Wildman–Crippen LogP) is 2.96. The molecule has 3 rings (SSSR count). The second kappa shape index (κ2) is 9.47. The molecule has 2 heterocycles. The number of hydrogen-bond acceptors (Lipinski definition) is 6. The highest BCUT2D eigenvalue weighted by molar-refractivity contribution is 5.75. The monoisotopic (exact) mass is 366 g/mol. The van der Waals surface area contributed by atoms with Crippen LogP contribution in [-0.4, -0.2) is 34.2 Å². The number of nitrogens with zero attached hydrogens (tertiary/aromatic N) is 3. The molecule has 7 heteroatoms. The fraction of sp³-hybridized carbons (Fsp3) is 0.300. The number of aromatic nitrogens is 3. The number of hydrogen-bond donors (Lipinski definition) is 1. The summed E-state index contributed by atoms with van der Waals surface area (Å²) in [6, 6.07) is 11.6. The highest BCUT2D eigenvalue weighted by atomic mass is 16.5. The molecule has 0 atom stereocenters. The topological polar surface area (TPSA) is 90.1 Å². The zero-order valence-corrected chi connectivity index (χ0v) is 15.2. The number of ether oxygens (including phenoxy) is 1. The first-order valence-corrected chi connectivity index (χ1v) is 8.90. The molecule has 0 saturated heterocycles. The largest absolute Gasteiger partial charge is 0.494 e. The average molecular weight is 366 g/mol. The number of aryl methyl sites for hydroxylation is 2. The van der Waals surface area contributed by atoms with Crippen molar-refractivity contribution >= 4 is 5.91 Å². The van der Waals surface area contributed by atoms with Gasteiger partial charge in [-0.05, 0) is 43.2 Å². The molecule has 0 aliphatic carbocycles. The Hall–Kier alpha value is -3.22. The predicted molar refractivity (Wildman–Crippen MR) is 100 cm³/mol. The van der Waals surface area contributed by atoms with Crippen molar-refractivity contribution in [3.8, 4) is 17.1 Å². The quantitative estimate of drug-likeness (QED) is 0.586. The van der Waals surface area contributed by atoms with E-state index in [9.17, 15) is 4.79 Å². The molecular formula is C20H22N4O3. The van der Waals surface area contributed by atoms with Crippen LogP contribution in [0.2, 0.25) is 0 Å². The van der Waals surface area contributed by atoms with E-state index < -0.39 is 0 Å². The first kappa shape index (κ1) is 18.6. The summed E-state index contributed by atoms with van der Waals surface area (Å²) in [5.41, 5.74) is 1.94. The van der Waals surface area contributed by atoms with Crippen molar-refractivity contribution in [1.82, 2.24) is 20.4 Å². The Kier molecular flexibility index (Phi) is 6.51. The highest BCUT2D eigenvalue weighted by Crippen LogP contribution is 2.14. The second-order valence-corrected chi connectivity index (χ2v) is 6.12. The van der Waals surface area contributed by atoms with Crippen LogP contribution in [0.4, 0.5) is 0 Å². The molecule has 1 amide bonds. The molecule has 27 heavy (non-hydrogen) atoms. The van der Waals surface area contributed by atoms with Crippen LogP contribution in [0.3, 0.4) is 0 Å². The van der Waals surface area contributed by atoms with E-state index in [2.05, 4.69) is 20.4 Å². The number of carbonyl (C=O) groups is 1. The van der Waals surface area contributed by atoms with Gasteiger partial charge >= 0.3 is 0 Å². The third kappa shape index (κ3) is 5.91. The Morgan fingerprint density at radius 1 is 1.26 bits per heavy atom. The van der Waals surface area contributed by atoms with Crippen molar-refractivity contribution in [2.45, 2.75) is 26.2 Å². The van der Waals surface area contributed by atoms with Gasteiger partial charge < -0.3 is 14.6 Å². The summed E-state index contributed by atoms with van der Waals surface area (Å²) in [5.74, 6) is 1.72. The minimum atomic E-state index is -0.0494. The maximum atomic E-state index is 11.9. The van der Waals surface area contributed by atoms with Crippen molar-refractivity contribution in [3.63, 3.8) is 0 Å². The summed E-state index contributed by atoms with van der Waals surface area (Å²) in [6.07, 6.45) is 4.79. The molecule has 0 radical (unpaired) electrons. The summed E-state index contributed by atoms with van der Waals surface area (Å²) < 4.78 is 10.8. The van der Waals surface area contributed by atoms with Crippen LogP contribution in [0.1, 0.15) is 24.3 Å². The number of carbonyl (C=O) groups excluding carboxylic acids is 1. The summed E-state index contributed by atoms with van der Waals surface area (Å²) in [4.78, 5) is 20.2. The molecule has 0 unspecified atom stereocenters. The van der Waals surface area contributed by atoms with Crippen molar-refractivity contribution in [2.75, 3.05) is 13.2 Å². The van der Waals surface area contributed by atoms with Gasteiger partial charge in [-0.15, -0.1) is 0 Å². The lowest BCUT2D eigenvalue weighted by atomic mass is 10.2. The third-order valence-electron chi connectivity index (χ3n) is 3.86. The molecule has 0 aliphatic heterocycles. The van der Waals surface area contributed by atoms with Crippen molar-refractivity contribution < 1.29 is 14.1 Å². The minimum absolute atomic E-state index is 0.0494. The van der Waals surface area contributed by atoms with Crippen molar-refractivity contribution in [2.24, 2.45) is 0 Å². The van der Waals surface area contributed by atoms with Crippen LogP contribution in [-0.2, 0) is 11.2 Å². The first-order valence-electron chi connectivity index (χ1n) is 8.90. The summed E-state index contributed by atoms with van der Waals surface area (Å²) in [5, 5.41) is 6.78. The van der Waals surface area contributed by atoms with Gasteiger partial charge in [-0.3, -0.25) is 9.78 Å². The number of rotatable bonds is 9. The molecular weight excluding hydrogens is 344 g/mol. The molecule has 1 N–H and O–H groups in total. The lowest BCUT2D eigenvalue weighted by Gasteiger charge is -2.07. The first-order chi connectivity index (χ1) is 13.2. The molecule has 0 bridgehead atoms. The number of benzene rings is 1. The van der Waals surface area contributed by atoms with Crippen molar-refractivity contribution in [1.29, 1.82) is 0 Å². The van der Waals surface area contributed by atoms with Crippen LogP contribution < -0.4 is 10.1 Å². The Labute approximate surface area is 157 Å². The van der Waals surface area contributed by atoms with Crippen LogP contribution in [0.5, 0.6) is 5.75 Å². The SMILES string of the molecule is Cc1cccc(OCCCNC(=O)CCc2nc(-c3cccnc3)no2)c1. The second-order valence-electron chi connectivity index (χ2n) is 6.12. The molecule has 1 aromatic carbocycles. The molecule has 140 valence electrons. The Bertz CT molecular complexity index is 864. The average Bonchev–Trinajstić information content (AvgIpc) is 3.16. The van der Waals surface area contributed by atoms with E-state index in [1.165, 1.54) is 0 Å². The normalized spacial score (nSPS) is 10.6. The summed E-state index contributed by atoms with van der Waals surface area (Å²) in [6.45, 7) is 3.15. The zero-order valence-electron chi connectivity index (χ0n) is 15.2. The highest BCUT2D eigenvalue weighted by Gasteiger charge is 2.10. The fourth-order valence-electron chi connectivity index (χ4n) is 2.47. The molecule has 3 aromatic rings. The standard InChI is InChI=1S/C20H22N4O3/c1-15-5-2-7-17(13-15)26-12-4-11-22-18(25)8-9-19-23-20(24-27-19)16-6-3-10-21-14-16/h2-3,5-7,10,13-14H,4,8-9,11-12H2,1H3,(H,22,25). The van der Waals surface area contributed by atoms with Crippen LogP contribution >= 0.6 is 0 Å². The van der Waals surface area contributed by atoms with Gasteiger partial charge in [0.05, 0.1) is 6.61 Å². The van der Waals surface area contributed by atoms with Gasteiger partial charge in [0, 0.05) is 37.3 Å². The van der Waals surface area contributed by atoms with Gasteiger partial charge in [0.2, 0.25) is 17.6 Å². The third-order valence-corrected chi connectivity index (χ3v) is 3.86.